The summed E-state index contributed by atoms with van der Waals surface area (Å²) in [5.74, 6) is 5.89. The molecule has 1 saturated heterocycles. The van der Waals surface area contributed by atoms with Gasteiger partial charge in [-0.25, -0.2) is 4.79 Å². The lowest BCUT2D eigenvalue weighted by Gasteiger charge is -2.18. The molecular formula is C65H119NO16. The van der Waals surface area contributed by atoms with Crippen molar-refractivity contribution in [2.75, 3.05) is 53.9 Å². The largest absolute Gasteiger partial charge is 0.469 e. The number of hydrogen-bond donors (Lipinski definition) is 12. The van der Waals surface area contributed by atoms with Gasteiger partial charge in [-0.05, 0) is 174 Å². The highest BCUT2D eigenvalue weighted by Crippen LogP contribution is 2.52. The molecule has 0 unspecified atom stereocenters. The van der Waals surface area contributed by atoms with Gasteiger partial charge in [-0.3, -0.25) is 4.79 Å². The maximum atomic E-state index is 10.9. The molecule has 9 aliphatic carbocycles. The predicted octanol–water partition coefficient (Wildman–Crippen LogP) is 6.95. The summed E-state index contributed by atoms with van der Waals surface area (Å²) in [6, 6.07) is 0.0946. The molecule has 10 aliphatic rings. The Morgan fingerprint density at radius 3 is 1.34 bits per heavy atom. The fourth-order valence-electron chi connectivity index (χ4n) is 13.2. The first-order valence-electron chi connectivity index (χ1n) is 31.4. The van der Waals surface area contributed by atoms with Gasteiger partial charge in [0, 0.05) is 49.2 Å². The summed E-state index contributed by atoms with van der Waals surface area (Å²) >= 11 is 0. The van der Waals surface area contributed by atoms with Crippen LogP contribution in [0.2, 0.25) is 0 Å². The van der Waals surface area contributed by atoms with Gasteiger partial charge in [0.25, 0.3) is 0 Å². The van der Waals surface area contributed by atoms with E-state index in [0.717, 1.165) is 132 Å². The fraction of sp³-hybridized carbons (Fsp3) is 0.877. The number of carbonyl (C=O) groups excluding carboxylic acids is 2. The Labute approximate surface area is 494 Å². The van der Waals surface area contributed by atoms with Crippen LogP contribution in [0.3, 0.4) is 0 Å². The minimum Gasteiger partial charge on any atom is -0.469 e. The number of allylic oxidation sites excluding steroid dienone is 3. The molecule has 17 heteroatoms. The lowest BCUT2D eigenvalue weighted by atomic mass is 10.0. The summed E-state index contributed by atoms with van der Waals surface area (Å²) in [5.41, 5.74) is 6.78. The lowest BCUT2D eigenvalue weighted by Crippen LogP contribution is -2.29. The van der Waals surface area contributed by atoms with E-state index in [2.05, 4.69) is 83.9 Å². The number of ether oxygens (including phenoxy) is 3. The van der Waals surface area contributed by atoms with Gasteiger partial charge in [0.05, 0.1) is 76.1 Å². The minimum atomic E-state index is -0.737. The topological polar surface area (TPSA) is 314 Å². The van der Waals surface area contributed by atoms with E-state index in [0.29, 0.717) is 48.0 Å². The molecule has 0 aromatic rings. The molecule has 0 aromatic carbocycles. The first-order valence-corrected chi connectivity index (χ1v) is 31.4. The van der Waals surface area contributed by atoms with E-state index in [1.165, 1.54) is 26.2 Å². The zero-order valence-corrected chi connectivity index (χ0v) is 52.5. The van der Waals surface area contributed by atoms with Crippen molar-refractivity contribution < 1.29 is 80.0 Å². The van der Waals surface area contributed by atoms with Crippen LogP contribution in [0.15, 0.2) is 35.5 Å². The van der Waals surface area contributed by atoms with Crippen molar-refractivity contribution >= 4 is 11.9 Å². The molecule has 13 N–H and O–H groups in total. The van der Waals surface area contributed by atoms with Gasteiger partial charge in [0.15, 0.2) is 0 Å². The van der Waals surface area contributed by atoms with Gasteiger partial charge in [0.1, 0.15) is 5.60 Å². The third kappa shape index (κ3) is 27.1. The molecule has 0 aromatic heterocycles. The number of rotatable bonds is 9. The SMILES string of the molecule is CC[C@@H]1C[C@@H](C)C[C@@H]1O.COC(=O)C1=CC[C@H](C)C1.COC(=O)[C@@H]1C=C[C@H](C)C1.C[C@@H]1C[C@@H](CO)[C@@H](O)C1.C[C@@H]1C[C@@H](CO)[C@@H](O)C1.C[C@H]1CC=C(CO)C1.C[C@H]1CC[C@](O)(CO)C1.C[C@H]1C[C@@H]2O[C@@]2(CO)C1.N[C@@H]1C[C@@H](CO)[C@@H](O)C1. The van der Waals surface area contributed by atoms with Crippen molar-refractivity contribution in [2.24, 2.45) is 82.7 Å². The third-order valence-corrected chi connectivity index (χ3v) is 18.4. The van der Waals surface area contributed by atoms with Crippen molar-refractivity contribution in [1.82, 2.24) is 0 Å². The highest BCUT2D eigenvalue weighted by molar-refractivity contribution is 5.88. The van der Waals surface area contributed by atoms with Gasteiger partial charge < -0.3 is 76.1 Å². The first-order chi connectivity index (χ1) is 38.7. The highest BCUT2D eigenvalue weighted by atomic mass is 16.6. The number of carbonyl (C=O) groups is 2. The standard InChI is InChI=1S/2C8H12O2.C8H16O.C7H12O2.3C7H14O2.C7H12O.C6H13NO2/c2*1-6-3-4-7(5-6)8(9)10-2;1-3-7-4-6(2)5-8(7)9;1-5-2-6-7(3-5,4-8)9-6;2*1-5-2-6(4-8)7(9)3-5;1-6-2-3-7(9,4-6)5-8;1-6-2-3-7(4-6)5-8;7-5-1-4(3-8)6(9)2-5/h4,6H,3,5H2,1-2H3;3-4,6-7H,5H2,1-2H3;6-9H,3-5H2,1-2H3;5-6,8H,2-4H2,1H3;2*5-9H,2-4H2,1H3;6,8-9H,2-5H2,1H3;3,6,8H,2,4-5H2,1H3;4-6,8-9H,1-3,7H2/t6-;6-,7+;6-,7-,8+;5-,6-,7+;2*5-,6+,7+;6-,7+;6-;4-,5+,6-/m001011000/s1. The number of fused-ring (bicyclic) bond motifs is 1. The van der Waals surface area contributed by atoms with Crippen LogP contribution in [0.1, 0.15) is 184 Å². The summed E-state index contributed by atoms with van der Waals surface area (Å²) in [6.45, 7) is 20.1. The van der Waals surface area contributed by atoms with Gasteiger partial charge in [-0.15, -0.1) is 0 Å². The molecule has 0 radical (unpaired) electrons. The molecule has 17 nitrogen and oxygen atoms in total. The number of hydrogen-bond acceptors (Lipinski definition) is 17. The maximum absolute atomic E-state index is 10.9. The molecule has 82 heavy (non-hydrogen) atoms. The number of methoxy groups -OCH3 is 2. The van der Waals surface area contributed by atoms with E-state index < -0.39 is 5.60 Å². The minimum absolute atomic E-state index is 0.00463. The van der Waals surface area contributed by atoms with E-state index in [-0.39, 0.29) is 111 Å². The molecule has 6 saturated carbocycles. The highest BCUT2D eigenvalue weighted by Gasteiger charge is 2.61. The van der Waals surface area contributed by atoms with Crippen LogP contribution in [-0.2, 0) is 23.8 Å². The molecule has 7 fully saturated rings. The number of aliphatic hydroxyl groups excluding tert-OH is 10. The monoisotopic (exact) mass is 1170 g/mol. The molecule has 1 aliphatic heterocycles. The Morgan fingerprint density at radius 2 is 1.10 bits per heavy atom. The van der Waals surface area contributed by atoms with Crippen LogP contribution in [-0.4, -0.2) is 170 Å². The van der Waals surface area contributed by atoms with Crippen LogP contribution in [0.25, 0.3) is 0 Å². The normalized spacial score (nSPS) is 39.5. The van der Waals surface area contributed by atoms with E-state index in [1.54, 1.807) is 0 Å². The fourth-order valence-corrected chi connectivity index (χ4v) is 13.2. The van der Waals surface area contributed by atoms with E-state index in [9.17, 15) is 30.0 Å². The zero-order valence-electron chi connectivity index (χ0n) is 52.5. The van der Waals surface area contributed by atoms with Gasteiger partial charge >= 0.3 is 11.9 Å². The van der Waals surface area contributed by atoms with Crippen molar-refractivity contribution in [3.05, 3.63) is 35.5 Å². The van der Waals surface area contributed by atoms with Gasteiger partial charge in [0.2, 0.25) is 0 Å². The maximum Gasteiger partial charge on any atom is 0.333 e. The van der Waals surface area contributed by atoms with Crippen LogP contribution < -0.4 is 5.73 Å². The van der Waals surface area contributed by atoms with E-state index in [1.807, 2.05) is 12.2 Å². The summed E-state index contributed by atoms with van der Waals surface area (Å²) < 4.78 is 14.5. The molecule has 1 heterocycles. The number of esters is 2. The Morgan fingerprint density at radius 1 is 0.585 bits per heavy atom. The number of epoxide rings is 1. The van der Waals surface area contributed by atoms with Crippen LogP contribution in [0.5, 0.6) is 0 Å². The van der Waals surface area contributed by atoms with Gasteiger partial charge in [-0.1, -0.05) is 93.0 Å². The molecule has 0 spiro atoms. The second kappa shape index (κ2) is 38.7. The first kappa shape index (κ1) is 75.7. The van der Waals surface area contributed by atoms with Crippen molar-refractivity contribution in [2.45, 2.75) is 232 Å². The molecular weight excluding hydrogens is 1050 g/mol. The van der Waals surface area contributed by atoms with Crippen molar-refractivity contribution in [1.29, 1.82) is 0 Å². The second-order valence-corrected chi connectivity index (χ2v) is 26.9. The van der Waals surface area contributed by atoms with Crippen LogP contribution in [0.4, 0.5) is 0 Å². The number of aliphatic hydroxyl groups is 11. The smallest absolute Gasteiger partial charge is 0.333 e. The lowest BCUT2D eigenvalue weighted by molar-refractivity contribution is -0.143. The molecule has 21 atom stereocenters. The zero-order chi connectivity index (χ0) is 61.9. The molecule has 480 valence electrons. The Hall–Kier alpha value is -2.36. The average molecular weight is 1170 g/mol. The summed E-state index contributed by atoms with van der Waals surface area (Å²) in [5, 5.41) is 98.5. The summed E-state index contributed by atoms with van der Waals surface area (Å²) in [6.07, 6.45) is 26.0. The molecule has 10 rings (SSSR count). The van der Waals surface area contributed by atoms with Crippen LogP contribution >= 0.6 is 0 Å². The second-order valence-electron chi connectivity index (χ2n) is 26.9. The predicted molar refractivity (Wildman–Crippen MR) is 321 cm³/mol. The summed E-state index contributed by atoms with van der Waals surface area (Å²) in [7, 11) is 2.85. The van der Waals surface area contributed by atoms with Crippen molar-refractivity contribution in [3.63, 3.8) is 0 Å². The molecule has 0 amide bonds. The van der Waals surface area contributed by atoms with E-state index in [4.69, 9.17) is 46.2 Å². The molecule has 0 bridgehead atoms. The van der Waals surface area contributed by atoms with Gasteiger partial charge in [-0.2, -0.15) is 0 Å². The van der Waals surface area contributed by atoms with Crippen LogP contribution in [0, 0.1) is 76.9 Å². The summed E-state index contributed by atoms with van der Waals surface area (Å²) in [4.78, 5) is 21.8. The Balaban J connectivity index is 0.000000315. The average Bonchev–Trinajstić information content (AvgIpc) is 4.38. The third-order valence-electron chi connectivity index (χ3n) is 18.4. The number of nitrogens with two attached hydrogens (primary N) is 1. The Kier molecular flexibility index (Phi) is 35.8. The van der Waals surface area contributed by atoms with E-state index >= 15 is 0 Å². The Bertz CT molecular complexity index is 1750. The quantitative estimate of drug-likeness (QED) is 0.0631. The van der Waals surface area contributed by atoms with Crippen molar-refractivity contribution in [3.8, 4) is 0 Å².